The van der Waals surface area contributed by atoms with Gasteiger partial charge in [0, 0.05) is 0 Å². The first-order chi connectivity index (χ1) is 44.5. The van der Waals surface area contributed by atoms with Crippen LogP contribution in [-0.4, -0.2) is 0 Å². The van der Waals surface area contributed by atoms with Gasteiger partial charge in [0.2, 0.25) is 0 Å². The van der Waals surface area contributed by atoms with Crippen LogP contribution < -0.4 is 0 Å². The van der Waals surface area contributed by atoms with Gasteiger partial charge in [0.05, 0.1) is 0 Å². The van der Waals surface area contributed by atoms with Crippen LogP contribution >= 0.6 is 0 Å². The Kier molecular flexibility index (Phi) is 15.2. The molecule has 0 nitrogen and oxygen atoms in total. The topological polar surface area (TPSA) is 0 Å². The molecule has 0 aliphatic heterocycles. The maximum atomic E-state index is 2.39. The highest BCUT2D eigenvalue weighted by molar-refractivity contribution is 5.89. The molecule has 0 N–H and O–H groups in total. The third-order valence-corrected chi connectivity index (χ3v) is 17.4. The van der Waals surface area contributed by atoms with Gasteiger partial charge in [-0.05, 0) is 235 Å². The van der Waals surface area contributed by atoms with Crippen molar-refractivity contribution in [3.63, 3.8) is 0 Å². The second kappa shape index (κ2) is 25.0. The van der Waals surface area contributed by atoms with Crippen molar-refractivity contribution in [2.75, 3.05) is 0 Å². The second-order valence-corrected chi connectivity index (χ2v) is 23.3. The molecule has 0 aliphatic carbocycles. The van der Waals surface area contributed by atoms with E-state index in [1.165, 1.54) is 89.0 Å². The van der Waals surface area contributed by atoms with Crippen molar-refractivity contribution in [1.29, 1.82) is 0 Å². The van der Waals surface area contributed by atoms with Crippen molar-refractivity contribution < 1.29 is 0 Å². The third-order valence-electron chi connectivity index (χ3n) is 17.4. The minimum Gasteiger partial charge on any atom is -0.0622 e. The SMILES string of the molecule is c1ccc(-c2ccc(-c3cccc(-c4cc(-c5cccc(-c6cccc(-c7ccccc7)c6)c5)cc(-c5cccc(-c6cc(-c7cccc(-c8ccc(-c9ccccc9)cc8)c7)cc(-c7cccc(-c8cccc(-c9ccccc9)c8)c7)c6)c5)c4)c3)cc2)cc1. The zero-order chi connectivity index (χ0) is 60.0. The number of benzene rings is 15. The first kappa shape index (κ1) is 54.9. The Morgan fingerprint density at radius 1 is 0.0667 bits per heavy atom. The van der Waals surface area contributed by atoms with Gasteiger partial charge in [-0.2, -0.15) is 0 Å². The Bertz CT molecular complexity index is 4690. The van der Waals surface area contributed by atoms with Gasteiger partial charge in [-0.25, -0.2) is 0 Å². The van der Waals surface area contributed by atoms with E-state index in [0.29, 0.717) is 0 Å². The van der Waals surface area contributed by atoms with Crippen LogP contribution in [0.1, 0.15) is 0 Å². The van der Waals surface area contributed by atoms with Crippen LogP contribution in [0.4, 0.5) is 0 Å². The molecule has 90 heavy (non-hydrogen) atoms. The smallest absolute Gasteiger partial charge is 0.0171 e. The van der Waals surface area contributed by atoms with E-state index >= 15 is 0 Å². The normalized spacial score (nSPS) is 11.1. The van der Waals surface area contributed by atoms with E-state index in [-0.39, 0.29) is 0 Å². The summed E-state index contributed by atoms with van der Waals surface area (Å²) in [5.41, 5.74) is 32.9. The largest absolute Gasteiger partial charge is 0.0622 e. The molecule has 15 aromatic carbocycles. The molecule has 0 aromatic heterocycles. The maximum Gasteiger partial charge on any atom is -0.0171 e. The summed E-state index contributed by atoms with van der Waals surface area (Å²) in [5, 5.41) is 0. The monoisotopic (exact) mass is 1140 g/mol. The van der Waals surface area contributed by atoms with Crippen LogP contribution in [0.25, 0.3) is 156 Å². The summed E-state index contributed by atoms with van der Waals surface area (Å²) in [7, 11) is 0. The van der Waals surface area contributed by atoms with E-state index in [0.717, 1.165) is 66.8 Å². The van der Waals surface area contributed by atoms with Crippen LogP contribution in [0.15, 0.2) is 376 Å². The van der Waals surface area contributed by atoms with Crippen molar-refractivity contribution in [1.82, 2.24) is 0 Å². The summed E-state index contributed by atoms with van der Waals surface area (Å²) >= 11 is 0. The van der Waals surface area contributed by atoms with E-state index in [1.54, 1.807) is 0 Å². The molecule has 15 aromatic rings. The van der Waals surface area contributed by atoms with E-state index in [2.05, 4.69) is 376 Å². The zero-order valence-corrected chi connectivity index (χ0v) is 49.8. The molecule has 0 atom stereocenters. The molecule has 0 spiro atoms. The predicted molar refractivity (Wildman–Crippen MR) is 383 cm³/mol. The Labute approximate surface area is 528 Å². The molecule has 0 bridgehead atoms. The minimum atomic E-state index is 1.14. The molecular weight excluding hydrogens is 1080 g/mol. The van der Waals surface area contributed by atoms with Gasteiger partial charge in [-0.15, -0.1) is 0 Å². The molecule has 0 amide bonds. The molecule has 0 saturated carbocycles. The first-order valence-corrected chi connectivity index (χ1v) is 31.0. The lowest BCUT2D eigenvalue weighted by atomic mass is 9.89. The van der Waals surface area contributed by atoms with Gasteiger partial charge in [-0.3, -0.25) is 0 Å². The standard InChI is InChI=1S/C90H62/c1-5-20-63(21-6-1)67-42-46-69(47-43-67)73-30-15-36-79(52-73)85-57-87(81-38-17-34-77(54-81)75-32-13-28-71(50-75)65-24-9-3-10-25-65)61-89(59-85)83-40-19-41-84(56-83)90-60-86(80-37-16-31-74(53-80)70-48-44-68(45-49-70)64-22-7-2-8-23-64)58-88(62-90)82-39-18-35-78(55-82)76-33-14-29-72(51-76)66-26-11-4-12-27-66/h1-62H. The van der Waals surface area contributed by atoms with Crippen LogP contribution in [0.3, 0.4) is 0 Å². The maximum absolute atomic E-state index is 2.39. The number of hydrogen-bond acceptors (Lipinski definition) is 0. The summed E-state index contributed by atoms with van der Waals surface area (Å²) in [6.07, 6.45) is 0. The summed E-state index contributed by atoms with van der Waals surface area (Å²) in [6.45, 7) is 0. The van der Waals surface area contributed by atoms with Gasteiger partial charge >= 0.3 is 0 Å². The fourth-order valence-corrected chi connectivity index (χ4v) is 12.6. The van der Waals surface area contributed by atoms with Crippen LogP contribution in [0.2, 0.25) is 0 Å². The van der Waals surface area contributed by atoms with E-state index < -0.39 is 0 Å². The molecule has 0 heterocycles. The van der Waals surface area contributed by atoms with E-state index in [1.807, 2.05) is 0 Å². The molecule has 0 aliphatic rings. The highest BCUT2D eigenvalue weighted by atomic mass is 14.2. The third kappa shape index (κ3) is 11.9. The number of rotatable bonds is 14. The molecule has 0 fully saturated rings. The highest BCUT2D eigenvalue weighted by Crippen LogP contribution is 2.41. The highest BCUT2D eigenvalue weighted by Gasteiger charge is 2.15. The lowest BCUT2D eigenvalue weighted by molar-refractivity contribution is 1.53. The summed E-state index contributed by atoms with van der Waals surface area (Å²) in [6, 6.07) is 138. The van der Waals surface area contributed by atoms with Crippen molar-refractivity contribution in [3.8, 4) is 156 Å². The molecule has 0 unspecified atom stereocenters. The van der Waals surface area contributed by atoms with Gasteiger partial charge in [0.15, 0.2) is 0 Å². The molecule has 15 rings (SSSR count). The Morgan fingerprint density at radius 3 is 0.344 bits per heavy atom. The van der Waals surface area contributed by atoms with E-state index in [9.17, 15) is 0 Å². The average molecular weight is 1140 g/mol. The fraction of sp³-hybridized carbons (Fsp3) is 0. The van der Waals surface area contributed by atoms with Gasteiger partial charge in [0.1, 0.15) is 0 Å². The molecule has 422 valence electrons. The van der Waals surface area contributed by atoms with Gasteiger partial charge in [0.25, 0.3) is 0 Å². The summed E-state index contributed by atoms with van der Waals surface area (Å²) in [5.74, 6) is 0. The average Bonchev–Trinajstić information content (AvgIpc) is 2.93. The Hall–Kier alpha value is -11.7. The van der Waals surface area contributed by atoms with Crippen molar-refractivity contribution >= 4 is 0 Å². The Balaban J connectivity index is 0.842. The summed E-state index contributed by atoms with van der Waals surface area (Å²) < 4.78 is 0. The van der Waals surface area contributed by atoms with Crippen LogP contribution in [-0.2, 0) is 0 Å². The zero-order valence-electron chi connectivity index (χ0n) is 49.8. The fourth-order valence-electron chi connectivity index (χ4n) is 12.6. The Morgan fingerprint density at radius 2 is 0.167 bits per heavy atom. The molecule has 0 saturated heterocycles. The molecule has 0 radical (unpaired) electrons. The second-order valence-electron chi connectivity index (χ2n) is 23.3. The van der Waals surface area contributed by atoms with E-state index in [4.69, 9.17) is 0 Å². The molecular formula is C90H62. The van der Waals surface area contributed by atoms with Crippen molar-refractivity contribution in [2.24, 2.45) is 0 Å². The summed E-state index contributed by atoms with van der Waals surface area (Å²) in [4.78, 5) is 0. The van der Waals surface area contributed by atoms with Crippen LogP contribution in [0.5, 0.6) is 0 Å². The lowest BCUT2D eigenvalue weighted by Crippen LogP contribution is -1.90. The lowest BCUT2D eigenvalue weighted by Gasteiger charge is -2.15. The van der Waals surface area contributed by atoms with Crippen molar-refractivity contribution in [2.45, 2.75) is 0 Å². The molecule has 0 heteroatoms. The quantitative estimate of drug-likeness (QED) is 0.102. The van der Waals surface area contributed by atoms with Gasteiger partial charge < -0.3 is 0 Å². The van der Waals surface area contributed by atoms with Gasteiger partial charge in [-0.1, -0.05) is 297 Å². The first-order valence-electron chi connectivity index (χ1n) is 31.0. The minimum absolute atomic E-state index is 1.14. The van der Waals surface area contributed by atoms with Crippen molar-refractivity contribution in [3.05, 3.63) is 376 Å². The predicted octanol–water partition coefficient (Wildman–Crippen LogP) is 25.0. The van der Waals surface area contributed by atoms with Crippen LogP contribution in [0, 0.1) is 0 Å². The number of hydrogen-bond donors (Lipinski definition) is 0.